The first kappa shape index (κ1) is 20.7. The molecule has 3 N–H and O–H groups in total. The van der Waals surface area contributed by atoms with Crippen LogP contribution in [0.3, 0.4) is 0 Å². The first-order valence-electron chi connectivity index (χ1n) is 8.61. The molecule has 0 radical (unpaired) electrons. The fourth-order valence-corrected chi connectivity index (χ4v) is 3.45. The van der Waals surface area contributed by atoms with Crippen molar-refractivity contribution in [3.05, 3.63) is 48.0 Å². The van der Waals surface area contributed by atoms with E-state index in [0.29, 0.717) is 18.0 Å². The normalized spacial score (nSPS) is 13.2. The number of rotatable bonds is 9. The van der Waals surface area contributed by atoms with Crippen LogP contribution in [0.25, 0.3) is 0 Å². The van der Waals surface area contributed by atoms with Gasteiger partial charge >= 0.3 is 5.97 Å². The number of carboxylic acids is 1. The van der Waals surface area contributed by atoms with Crippen LogP contribution in [-0.2, 0) is 9.92 Å². The molecule has 0 saturated carbocycles. The summed E-state index contributed by atoms with van der Waals surface area (Å²) < 4.78 is 28.6. The van der Waals surface area contributed by atoms with Gasteiger partial charge in [0.15, 0.2) is 5.75 Å². The molecule has 2 rings (SSSR count). The highest BCUT2D eigenvalue weighted by atomic mass is 32.2. The molecule has 0 spiro atoms. The van der Waals surface area contributed by atoms with Crippen LogP contribution in [0.15, 0.2) is 47.4 Å². The maximum absolute atomic E-state index is 13.0. The van der Waals surface area contributed by atoms with Gasteiger partial charge in [0.1, 0.15) is 20.6 Å². The number of carbonyl (C=O) groups is 1. The number of hydrogen-bond acceptors (Lipinski definition) is 5. The Bertz CT molecular complexity index is 897. The lowest BCUT2D eigenvalue weighted by Gasteiger charge is -2.22. The number of unbranched alkanes of at least 4 members (excludes halogenated alkanes) is 1. The molecule has 7 nitrogen and oxygen atoms in total. The molecule has 0 aliphatic rings. The predicted octanol–water partition coefficient (Wildman–Crippen LogP) is 4.27. The number of benzene rings is 2. The minimum Gasteiger partial charge on any atom is -0.478 e. The largest absolute Gasteiger partial charge is 0.478 e. The quantitative estimate of drug-likeness (QED) is 0.554. The van der Waals surface area contributed by atoms with Gasteiger partial charge in [-0.15, -0.1) is 0 Å². The molecule has 27 heavy (non-hydrogen) atoms. The summed E-state index contributed by atoms with van der Waals surface area (Å²) in [6.45, 7) is 2.65. The van der Waals surface area contributed by atoms with E-state index in [-0.39, 0.29) is 16.2 Å². The Kier molecular flexibility index (Phi) is 6.81. The van der Waals surface area contributed by atoms with E-state index < -0.39 is 15.9 Å². The van der Waals surface area contributed by atoms with E-state index in [1.54, 1.807) is 24.3 Å². The van der Waals surface area contributed by atoms with Crippen molar-refractivity contribution in [2.45, 2.75) is 24.7 Å². The molecule has 1 atom stereocenters. The third kappa shape index (κ3) is 4.99. The molecule has 0 bridgehead atoms. The van der Waals surface area contributed by atoms with Crippen LogP contribution in [-0.4, -0.2) is 40.2 Å². The van der Waals surface area contributed by atoms with Gasteiger partial charge in [0.25, 0.3) is 0 Å². The summed E-state index contributed by atoms with van der Waals surface area (Å²) in [7, 11) is -0.405. The van der Waals surface area contributed by atoms with Crippen LogP contribution in [0.1, 0.15) is 30.1 Å². The summed E-state index contributed by atoms with van der Waals surface area (Å²) >= 11 is 0. The summed E-state index contributed by atoms with van der Waals surface area (Å²) in [6.07, 6.45) is 1.83. The van der Waals surface area contributed by atoms with Gasteiger partial charge in [0.05, 0.1) is 11.3 Å². The van der Waals surface area contributed by atoms with E-state index in [4.69, 9.17) is 9.52 Å². The zero-order valence-corrected chi connectivity index (χ0v) is 16.5. The van der Waals surface area contributed by atoms with Gasteiger partial charge < -0.3 is 15.2 Å². The van der Waals surface area contributed by atoms with Gasteiger partial charge in [0.2, 0.25) is 0 Å². The van der Waals surface area contributed by atoms with Crippen molar-refractivity contribution in [2.24, 2.45) is 0 Å². The zero-order chi connectivity index (χ0) is 20.0. The average Bonchev–Trinajstić information content (AvgIpc) is 2.63. The first-order chi connectivity index (χ1) is 12.8. The summed E-state index contributed by atoms with van der Waals surface area (Å²) in [5.41, 5.74) is 0.357. The monoisotopic (exact) mass is 391 g/mol. The molecule has 0 saturated heterocycles. The minimum atomic E-state index is -3.43. The molecule has 0 aliphatic heterocycles. The molecule has 146 valence electrons. The van der Waals surface area contributed by atoms with Gasteiger partial charge in [-0.1, -0.05) is 31.5 Å². The predicted molar refractivity (Wildman–Crippen MR) is 106 cm³/mol. The van der Waals surface area contributed by atoms with Crippen molar-refractivity contribution in [2.75, 3.05) is 26.0 Å². The highest BCUT2D eigenvalue weighted by Gasteiger charge is 2.25. The van der Waals surface area contributed by atoms with E-state index in [9.17, 15) is 14.1 Å². The molecule has 0 amide bonds. The van der Waals surface area contributed by atoms with Crippen molar-refractivity contribution in [3.63, 3.8) is 0 Å². The zero-order valence-electron chi connectivity index (χ0n) is 15.7. The molecule has 1 unspecified atom stereocenters. The summed E-state index contributed by atoms with van der Waals surface area (Å²) in [5, 5.41) is 12.6. The molecule has 0 aromatic heterocycles. The maximum atomic E-state index is 13.0. The molecule has 2 aromatic carbocycles. The van der Waals surface area contributed by atoms with Crippen molar-refractivity contribution in [1.82, 2.24) is 4.31 Å². The highest BCUT2D eigenvalue weighted by molar-refractivity contribution is 7.90. The molecule has 8 heteroatoms. The summed E-state index contributed by atoms with van der Waals surface area (Å²) in [6, 6.07) is 11.6. The van der Waals surface area contributed by atoms with Crippen LogP contribution in [0.5, 0.6) is 11.5 Å². The van der Waals surface area contributed by atoms with E-state index in [0.717, 1.165) is 12.8 Å². The van der Waals surface area contributed by atoms with Crippen molar-refractivity contribution < 1.29 is 18.8 Å². The highest BCUT2D eigenvalue weighted by Crippen LogP contribution is 2.38. The van der Waals surface area contributed by atoms with Crippen molar-refractivity contribution in [3.8, 4) is 11.5 Å². The van der Waals surface area contributed by atoms with E-state index in [1.165, 1.54) is 30.5 Å². The Morgan fingerprint density at radius 1 is 1.26 bits per heavy atom. The molecule has 0 fully saturated rings. The minimum absolute atomic E-state index is 0.0234. The second-order valence-corrected chi connectivity index (χ2v) is 8.41. The maximum Gasteiger partial charge on any atom is 0.335 e. The third-order valence-electron chi connectivity index (χ3n) is 3.92. The average molecular weight is 391 g/mol. The third-order valence-corrected chi connectivity index (χ3v) is 5.85. The SMILES string of the molecule is CCCCNc1cc(C(=O)O)cc(S(=N)(=O)N(C)C)c1Oc1ccccc1. The van der Waals surface area contributed by atoms with Crippen molar-refractivity contribution in [1.29, 1.82) is 4.78 Å². The lowest BCUT2D eigenvalue weighted by molar-refractivity contribution is 0.0696. The Morgan fingerprint density at radius 3 is 2.48 bits per heavy atom. The molecule has 2 aromatic rings. The Hall–Kier alpha value is -2.58. The van der Waals surface area contributed by atoms with E-state index in [1.807, 2.05) is 13.0 Å². The molecular formula is C19H25N3O4S. The lowest BCUT2D eigenvalue weighted by atomic mass is 10.1. The van der Waals surface area contributed by atoms with Gasteiger partial charge in [-0.25, -0.2) is 18.1 Å². The summed E-state index contributed by atoms with van der Waals surface area (Å²) in [5.74, 6) is -0.444. The molecule has 0 heterocycles. The number of ether oxygens (including phenoxy) is 1. The summed E-state index contributed by atoms with van der Waals surface area (Å²) in [4.78, 5) is 11.6. The second kappa shape index (κ2) is 8.88. The number of carboxylic acid groups (broad SMARTS) is 1. The van der Waals surface area contributed by atoms with Crippen LogP contribution >= 0.6 is 0 Å². The van der Waals surface area contributed by atoms with Gasteiger partial charge in [-0.3, -0.25) is 0 Å². The van der Waals surface area contributed by atoms with E-state index in [2.05, 4.69) is 5.32 Å². The van der Waals surface area contributed by atoms with Crippen LogP contribution in [0.2, 0.25) is 0 Å². The number of para-hydroxylation sites is 1. The smallest absolute Gasteiger partial charge is 0.335 e. The lowest BCUT2D eigenvalue weighted by Crippen LogP contribution is -2.22. The van der Waals surface area contributed by atoms with Crippen LogP contribution in [0, 0.1) is 4.78 Å². The fraction of sp³-hybridized carbons (Fsp3) is 0.316. The number of anilines is 1. The molecular weight excluding hydrogens is 366 g/mol. The van der Waals surface area contributed by atoms with Gasteiger partial charge in [-0.05, 0) is 30.7 Å². The fourth-order valence-electron chi connectivity index (χ4n) is 2.37. The van der Waals surface area contributed by atoms with Crippen LogP contribution in [0.4, 0.5) is 5.69 Å². The van der Waals surface area contributed by atoms with Crippen molar-refractivity contribution >= 4 is 21.6 Å². The number of nitrogens with one attached hydrogen (secondary N) is 2. The van der Waals surface area contributed by atoms with Gasteiger partial charge in [-0.2, -0.15) is 0 Å². The Balaban J connectivity index is 2.67. The first-order valence-corrected chi connectivity index (χ1v) is 10.1. The Labute approximate surface area is 160 Å². The Morgan fingerprint density at radius 2 is 1.93 bits per heavy atom. The topological polar surface area (TPSA) is 103 Å². The van der Waals surface area contributed by atoms with Gasteiger partial charge in [0, 0.05) is 20.6 Å². The number of aromatic carboxylic acids is 1. The van der Waals surface area contributed by atoms with E-state index >= 15 is 0 Å². The number of hydrogen-bond donors (Lipinski definition) is 3. The standard InChI is InChI=1S/C19H25N3O4S/c1-4-5-11-21-16-12-14(19(23)24)13-17(27(20,25)22(2)3)18(16)26-15-9-7-6-8-10-15/h6-10,12-13,20-21H,4-5,11H2,1-3H3,(H,23,24). The van der Waals surface area contributed by atoms with Crippen LogP contribution < -0.4 is 10.1 Å². The number of nitrogens with zero attached hydrogens (tertiary/aromatic N) is 1. The second-order valence-electron chi connectivity index (χ2n) is 6.19. The molecule has 0 aliphatic carbocycles.